The van der Waals surface area contributed by atoms with Gasteiger partial charge in [-0.2, -0.15) is 0 Å². The molecule has 1 saturated heterocycles. The molecule has 1 heterocycles. The van der Waals surface area contributed by atoms with Crippen molar-refractivity contribution in [2.24, 2.45) is 0 Å². The summed E-state index contributed by atoms with van der Waals surface area (Å²) in [5, 5.41) is 16.6. The lowest BCUT2D eigenvalue weighted by atomic mass is 10.1. The zero-order chi connectivity index (χ0) is 14.0. The minimum Gasteiger partial charge on any atom is -0.388 e. The molecule has 1 amide bonds. The van der Waals surface area contributed by atoms with Crippen molar-refractivity contribution < 1.29 is 9.72 Å². The first-order valence-corrected chi connectivity index (χ1v) is 6.04. The maximum atomic E-state index is 11.6. The van der Waals surface area contributed by atoms with E-state index in [-0.39, 0.29) is 17.6 Å². The van der Waals surface area contributed by atoms with Crippen LogP contribution in [0, 0.1) is 10.1 Å². The predicted molar refractivity (Wildman–Crippen MR) is 72.5 cm³/mol. The van der Waals surface area contributed by atoms with Crippen molar-refractivity contribution in [1.82, 2.24) is 5.32 Å². The zero-order valence-corrected chi connectivity index (χ0v) is 10.8. The zero-order valence-electron chi connectivity index (χ0n) is 10.8. The molecule has 1 aromatic carbocycles. The van der Waals surface area contributed by atoms with Crippen molar-refractivity contribution >= 4 is 23.0 Å². The van der Waals surface area contributed by atoms with E-state index in [0.717, 1.165) is 0 Å². The molecular weight excluding hydrogens is 248 g/mol. The van der Waals surface area contributed by atoms with Crippen LogP contribution in [0.4, 0.5) is 17.1 Å². The smallest absolute Gasteiger partial charge is 0.273 e. The van der Waals surface area contributed by atoms with Crippen LogP contribution in [0.3, 0.4) is 0 Å². The van der Waals surface area contributed by atoms with Gasteiger partial charge in [0.15, 0.2) is 0 Å². The third kappa shape index (κ3) is 2.59. The van der Waals surface area contributed by atoms with Crippen LogP contribution in [0.15, 0.2) is 18.2 Å². The van der Waals surface area contributed by atoms with E-state index in [1.54, 1.807) is 14.0 Å². The molecule has 7 nitrogen and oxygen atoms in total. The average molecular weight is 264 g/mol. The highest BCUT2D eigenvalue weighted by molar-refractivity contribution is 5.86. The summed E-state index contributed by atoms with van der Waals surface area (Å²) in [5.74, 6) is -0.0660. The number of carbonyl (C=O) groups excluding carboxylic acids is 1. The highest BCUT2D eigenvalue weighted by Crippen LogP contribution is 2.28. The van der Waals surface area contributed by atoms with Crippen molar-refractivity contribution in [2.75, 3.05) is 30.4 Å². The van der Waals surface area contributed by atoms with E-state index in [1.165, 1.54) is 12.1 Å². The number of nitrogens with one attached hydrogen (secondary N) is 2. The Bertz CT molecular complexity index is 518. The molecule has 2 rings (SSSR count). The van der Waals surface area contributed by atoms with Crippen LogP contribution in [0.2, 0.25) is 0 Å². The molecule has 0 spiro atoms. The number of non-ortho nitro benzene ring substituents is 1. The SMILES string of the molecule is CNc1cc(N2CCNC(=O)C2C)cc([N+](=O)[O-])c1. The van der Waals surface area contributed by atoms with Crippen LogP contribution in [-0.2, 0) is 4.79 Å². The third-order valence-corrected chi connectivity index (χ3v) is 3.23. The number of rotatable bonds is 3. The fourth-order valence-electron chi connectivity index (χ4n) is 2.15. The molecule has 1 unspecified atom stereocenters. The number of nitro groups is 1. The fourth-order valence-corrected chi connectivity index (χ4v) is 2.15. The van der Waals surface area contributed by atoms with Crippen LogP contribution in [0.25, 0.3) is 0 Å². The fraction of sp³-hybridized carbons (Fsp3) is 0.417. The molecule has 102 valence electrons. The summed E-state index contributed by atoms with van der Waals surface area (Å²) in [6.07, 6.45) is 0. The summed E-state index contributed by atoms with van der Waals surface area (Å²) in [6, 6.07) is 4.44. The van der Waals surface area contributed by atoms with Crippen molar-refractivity contribution in [1.29, 1.82) is 0 Å². The molecule has 0 aliphatic carbocycles. The molecule has 2 N–H and O–H groups in total. The Morgan fingerprint density at radius 1 is 1.47 bits per heavy atom. The first-order valence-electron chi connectivity index (χ1n) is 6.04. The van der Waals surface area contributed by atoms with Crippen molar-refractivity contribution in [3.05, 3.63) is 28.3 Å². The largest absolute Gasteiger partial charge is 0.388 e. The van der Waals surface area contributed by atoms with E-state index in [0.29, 0.717) is 24.5 Å². The lowest BCUT2D eigenvalue weighted by molar-refractivity contribution is -0.384. The summed E-state index contributed by atoms with van der Waals surface area (Å²) in [6.45, 7) is 2.96. The number of carbonyl (C=O) groups is 1. The van der Waals surface area contributed by atoms with Crippen molar-refractivity contribution in [2.45, 2.75) is 13.0 Å². The van der Waals surface area contributed by atoms with Crippen LogP contribution in [0.5, 0.6) is 0 Å². The Labute approximate surface area is 110 Å². The van der Waals surface area contributed by atoms with Gasteiger partial charge in [0, 0.05) is 43.6 Å². The van der Waals surface area contributed by atoms with Gasteiger partial charge in [0.05, 0.1) is 4.92 Å². The Balaban J connectivity index is 2.40. The van der Waals surface area contributed by atoms with Crippen molar-refractivity contribution in [3.63, 3.8) is 0 Å². The van der Waals surface area contributed by atoms with Gasteiger partial charge in [-0.25, -0.2) is 0 Å². The summed E-state index contributed by atoms with van der Waals surface area (Å²) in [4.78, 5) is 24.0. The van der Waals surface area contributed by atoms with E-state index >= 15 is 0 Å². The summed E-state index contributed by atoms with van der Waals surface area (Å²) >= 11 is 0. The van der Waals surface area contributed by atoms with Crippen LogP contribution in [0.1, 0.15) is 6.92 Å². The lowest BCUT2D eigenvalue weighted by Gasteiger charge is -2.34. The van der Waals surface area contributed by atoms with Gasteiger partial charge in [-0.3, -0.25) is 14.9 Å². The van der Waals surface area contributed by atoms with Crippen molar-refractivity contribution in [3.8, 4) is 0 Å². The van der Waals surface area contributed by atoms with Gasteiger partial charge < -0.3 is 15.5 Å². The number of anilines is 2. The Kier molecular flexibility index (Phi) is 3.55. The van der Waals surface area contributed by atoms with E-state index in [4.69, 9.17) is 0 Å². The molecule has 1 aliphatic rings. The number of piperazine rings is 1. The first kappa shape index (κ1) is 13.1. The van der Waals surface area contributed by atoms with Gasteiger partial charge >= 0.3 is 0 Å². The molecule has 19 heavy (non-hydrogen) atoms. The molecule has 0 radical (unpaired) electrons. The average Bonchev–Trinajstić information content (AvgIpc) is 2.41. The Morgan fingerprint density at radius 2 is 2.21 bits per heavy atom. The number of hydrogen-bond acceptors (Lipinski definition) is 5. The van der Waals surface area contributed by atoms with E-state index < -0.39 is 4.92 Å². The topological polar surface area (TPSA) is 87.5 Å². The van der Waals surface area contributed by atoms with E-state index in [9.17, 15) is 14.9 Å². The van der Waals surface area contributed by atoms with Gasteiger partial charge in [-0.15, -0.1) is 0 Å². The molecule has 0 aromatic heterocycles. The minimum atomic E-state index is -0.432. The summed E-state index contributed by atoms with van der Waals surface area (Å²) < 4.78 is 0. The van der Waals surface area contributed by atoms with E-state index in [2.05, 4.69) is 10.6 Å². The van der Waals surface area contributed by atoms with Crippen LogP contribution in [-0.4, -0.2) is 37.0 Å². The minimum absolute atomic E-state index is 0.0139. The molecule has 1 aliphatic heterocycles. The number of nitrogens with zero attached hydrogens (tertiary/aromatic N) is 2. The third-order valence-electron chi connectivity index (χ3n) is 3.23. The molecule has 0 bridgehead atoms. The van der Waals surface area contributed by atoms with Gasteiger partial charge in [0.1, 0.15) is 6.04 Å². The molecule has 1 atom stereocenters. The standard InChI is InChI=1S/C12H16N4O3/c1-8-12(17)14-3-4-15(8)10-5-9(13-2)6-11(7-10)16(18)19/h5-8,13H,3-4H2,1-2H3,(H,14,17). The molecule has 1 fully saturated rings. The maximum absolute atomic E-state index is 11.6. The summed E-state index contributed by atoms with van der Waals surface area (Å²) in [5.41, 5.74) is 1.35. The Morgan fingerprint density at radius 3 is 2.84 bits per heavy atom. The predicted octanol–water partition coefficient (Wildman–Crippen LogP) is 0.961. The number of benzene rings is 1. The van der Waals surface area contributed by atoms with Gasteiger partial charge in [0.25, 0.3) is 5.69 Å². The van der Waals surface area contributed by atoms with Crippen LogP contribution >= 0.6 is 0 Å². The number of nitro benzene ring substituents is 1. The summed E-state index contributed by atoms with van der Waals surface area (Å²) in [7, 11) is 1.70. The van der Waals surface area contributed by atoms with Gasteiger partial charge in [0.2, 0.25) is 5.91 Å². The Hall–Kier alpha value is -2.31. The number of hydrogen-bond donors (Lipinski definition) is 2. The quantitative estimate of drug-likeness (QED) is 0.627. The molecule has 7 heteroatoms. The van der Waals surface area contributed by atoms with Gasteiger partial charge in [-0.1, -0.05) is 0 Å². The monoisotopic (exact) mass is 264 g/mol. The van der Waals surface area contributed by atoms with Crippen LogP contribution < -0.4 is 15.5 Å². The number of amides is 1. The normalized spacial score (nSPS) is 18.9. The first-order chi connectivity index (χ1) is 9.02. The molecular formula is C12H16N4O3. The highest BCUT2D eigenvalue weighted by Gasteiger charge is 2.26. The highest BCUT2D eigenvalue weighted by atomic mass is 16.6. The van der Waals surface area contributed by atoms with E-state index in [1.807, 2.05) is 11.0 Å². The second kappa shape index (κ2) is 5.13. The second-order valence-corrected chi connectivity index (χ2v) is 4.41. The molecule has 0 saturated carbocycles. The molecule has 1 aromatic rings. The lowest BCUT2D eigenvalue weighted by Crippen LogP contribution is -2.54. The second-order valence-electron chi connectivity index (χ2n) is 4.41. The maximum Gasteiger partial charge on any atom is 0.273 e. The van der Waals surface area contributed by atoms with Gasteiger partial charge in [-0.05, 0) is 13.0 Å².